The molecule has 2 rings (SSSR count). The first kappa shape index (κ1) is 12.6. The fraction of sp³-hybridized carbons (Fsp3) is 0.786. The predicted octanol–water partition coefficient (Wildman–Crippen LogP) is 2.52. The van der Waals surface area contributed by atoms with Crippen LogP contribution in [0.15, 0.2) is 12.3 Å². The van der Waals surface area contributed by atoms with Crippen molar-refractivity contribution in [1.29, 1.82) is 0 Å². The van der Waals surface area contributed by atoms with E-state index in [4.69, 9.17) is 0 Å². The van der Waals surface area contributed by atoms with E-state index in [-0.39, 0.29) is 0 Å². The van der Waals surface area contributed by atoms with Crippen LogP contribution in [-0.4, -0.2) is 22.9 Å². The lowest BCUT2D eigenvalue weighted by Crippen LogP contribution is -2.35. The summed E-state index contributed by atoms with van der Waals surface area (Å²) in [5.41, 5.74) is 1.35. The SMILES string of the molecule is CNC(CCc1ccnn1C)C1CCCCC1. The monoisotopic (exact) mass is 235 g/mol. The summed E-state index contributed by atoms with van der Waals surface area (Å²) in [5.74, 6) is 0.891. The number of aryl methyl sites for hydroxylation is 2. The molecule has 0 spiro atoms. The Bertz CT molecular complexity index is 326. The maximum absolute atomic E-state index is 4.23. The Hall–Kier alpha value is -0.830. The third-order valence-electron chi connectivity index (χ3n) is 4.22. The molecule has 0 radical (unpaired) electrons. The van der Waals surface area contributed by atoms with Crippen molar-refractivity contribution in [1.82, 2.24) is 15.1 Å². The van der Waals surface area contributed by atoms with Crippen molar-refractivity contribution in [3.8, 4) is 0 Å². The van der Waals surface area contributed by atoms with Crippen molar-refractivity contribution in [2.24, 2.45) is 13.0 Å². The van der Waals surface area contributed by atoms with Crippen molar-refractivity contribution in [3.63, 3.8) is 0 Å². The van der Waals surface area contributed by atoms with Gasteiger partial charge in [0.25, 0.3) is 0 Å². The Labute approximate surface area is 105 Å². The molecular weight excluding hydrogens is 210 g/mol. The molecule has 96 valence electrons. The van der Waals surface area contributed by atoms with Crippen molar-refractivity contribution < 1.29 is 0 Å². The Kier molecular flexibility index (Phi) is 4.60. The molecule has 1 unspecified atom stereocenters. The van der Waals surface area contributed by atoms with Gasteiger partial charge >= 0.3 is 0 Å². The van der Waals surface area contributed by atoms with Crippen molar-refractivity contribution in [2.75, 3.05) is 7.05 Å². The lowest BCUT2D eigenvalue weighted by molar-refractivity contribution is 0.267. The van der Waals surface area contributed by atoms with Gasteiger partial charge in [0.1, 0.15) is 0 Å². The van der Waals surface area contributed by atoms with Crippen molar-refractivity contribution in [3.05, 3.63) is 18.0 Å². The van der Waals surface area contributed by atoms with Gasteiger partial charge in [0.05, 0.1) is 0 Å². The maximum atomic E-state index is 4.23. The van der Waals surface area contributed by atoms with Gasteiger partial charge in [-0.15, -0.1) is 0 Å². The molecule has 1 saturated carbocycles. The second-order valence-corrected chi connectivity index (χ2v) is 5.28. The molecule has 1 atom stereocenters. The summed E-state index contributed by atoms with van der Waals surface area (Å²) < 4.78 is 1.99. The minimum atomic E-state index is 0.685. The van der Waals surface area contributed by atoms with Crippen LogP contribution in [0.3, 0.4) is 0 Å². The average molecular weight is 235 g/mol. The average Bonchev–Trinajstić information content (AvgIpc) is 2.77. The molecule has 3 nitrogen and oxygen atoms in total. The molecule has 1 heterocycles. The first-order chi connectivity index (χ1) is 8.31. The molecule has 1 aliphatic carbocycles. The predicted molar refractivity (Wildman–Crippen MR) is 71.0 cm³/mol. The second-order valence-electron chi connectivity index (χ2n) is 5.28. The van der Waals surface area contributed by atoms with Crippen LogP contribution in [0.2, 0.25) is 0 Å². The smallest absolute Gasteiger partial charge is 0.0492 e. The zero-order chi connectivity index (χ0) is 12.1. The number of nitrogens with one attached hydrogen (secondary N) is 1. The zero-order valence-corrected chi connectivity index (χ0v) is 11.2. The summed E-state index contributed by atoms with van der Waals surface area (Å²) in [5, 5.41) is 7.75. The summed E-state index contributed by atoms with van der Waals surface area (Å²) in [4.78, 5) is 0. The molecule has 1 aromatic rings. The number of rotatable bonds is 5. The summed E-state index contributed by atoms with van der Waals surface area (Å²) in [6.45, 7) is 0. The van der Waals surface area contributed by atoms with E-state index >= 15 is 0 Å². The Morgan fingerprint density at radius 2 is 2.18 bits per heavy atom. The summed E-state index contributed by atoms with van der Waals surface area (Å²) in [7, 11) is 4.15. The zero-order valence-electron chi connectivity index (χ0n) is 11.2. The van der Waals surface area contributed by atoms with E-state index in [9.17, 15) is 0 Å². The Morgan fingerprint density at radius 1 is 1.41 bits per heavy atom. The molecular formula is C14H25N3. The number of hydrogen-bond donors (Lipinski definition) is 1. The quantitative estimate of drug-likeness (QED) is 0.850. The minimum Gasteiger partial charge on any atom is -0.317 e. The second kappa shape index (κ2) is 6.20. The van der Waals surface area contributed by atoms with Crippen LogP contribution >= 0.6 is 0 Å². The van der Waals surface area contributed by atoms with Gasteiger partial charge < -0.3 is 5.32 Å². The fourth-order valence-electron chi connectivity index (χ4n) is 3.10. The molecule has 0 bridgehead atoms. The van der Waals surface area contributed by atoms with Crippen LogP contribution in [0, 0.1) is 5.92 Å². The number of hydrogen-bond acceptors (Lipinski definition) is 2. The topological polar surface area (TPSA) is 29.9 Å². The van der Waals surface area contributed by atoms with Gasteiger partial charge in [0, 0.05) is 25.0 Å². The van der Waals surface area contributed by atoms with Gasteiger partial charge in [-0.2, -0.15) is 5.10 Å². The summed E-state index contributed by atoms with van der Waals surface area (Å²) in [6.07, 6.45) is 11.4. The van der Waals surface area contributed by atoms with Gasteiger partial charge in [0.2, 0.25) is 0 Å². The van der Waals surface area contributed by atoms with E-state index < -0.39 is 0 Å². The molecule has 0 aromatic carbocycles. The fourth-order valence-corrected chi connectivity index (χ4v) is 3.10. The third kappa shape index (κ3) is 3.32. The normalized spacial score (nSPS) is 19.4. The van der Waals surface area contributed by atoms with E-state index in [1.807, 2.05) is 17.9 Å². The molecule has 0 aliphatic heterocycles. The number of aromatic nitrogens is 2. The van der Waals surface area contributed by atoms with Crippen LogP contribution in [0.1, 0.15) is 44.2 Å². The highest BCUT2D eigenvalue weighted by molar-refractivity contribution is 5.00. The molecule has 0 saturated heterocycles. The highest BCUT2D eigenvalue weighted by Gasteiger charge is 2.22. The van der Waals surface area contributed by atoms with E-state index in [2.05, 4.69) is 23.5 Å². The van der Waals surface area contributed by atoms with Gasteiger partial charge in [-0.25, -0.2) is 0 Å². The minimum absolute atomic E-state index is 0.685. The Morgan fingerprint density at radius 3 is 2.76 bits per heavy atom. The van der Waals surface area contributed by atoms with Crippen LogP contribution in [0.25, 0.3) is 0 Å². The molecule has 1 fully saturated rings. The molecule has 1 aromatic heterocycles. The molecule has 17 heavy (non-hydrogen) atoms. The first-order valence-corrected chi connectivity index (χ1v) is 6.95. The van der Waals surface area contributed by atoms with Crippen molar-refractivity contribution >= 4 is 0 Å². The van der Waals surface area contributed by atoms with Crippen LogP contribution in [-0.2, 0) is 13.5 Å². The lowest BCUT2D eigenvalue weighted by atomic mass is 9.82. The van der Waals surface area contributed by atoms with Gasteiger partial charge in [-0.3, -0.25) is 4.68 Å². The van der Waals surface area contributed by atoms with Gasteiger partial charge in [-0.05, 0) is 44.7 Å². The molecule has 1 N–H and O–H groups in total. The largest absolute Gasteiger partial charge is 0.317 e. The van der Waals surface area contributed by atoms with E-state index in [0.29, 0.717) is 6.04 Å². The summed E-state index contributed by atoms with van der Waals surface area (Å²) in [6, 6.07) is 2.82. The van der Waals surface area contributed by atoms with E-state index in [1.165, 1.54) is 44.2 Å². The van der Waals surface area contributed by atoms with Crippen LogP contribution < -0.4 is 5.32 Å². The third-order valence-corrected chi connectivity index (χ3v) is 4.22. The Balaban J connectivity index is 1.84. The highest BCUT2D eigenvalue weighted by atomic mass is 15.2. The maximum Gasteiger partial charge on any atom is 0.0492 e. The lowest BCUT2D eigenvalue weighted by Gasteiger charge is -2.30. The highest BCUT2D eigenvalue weighted by Crippen LogP contribution is 2.28. The summed E-state index contributed by atoms with van der Waals surface area (Å²) >= 11 is 0. The number of nitrogens with zero attached hydrogens (tertiary/aromatic N) is 2. The molecule has 0 amide bonds. The van der Waals surface area contributed by atoms with E-state index in [0.717, 1.165) is 12.3 Å². The van der Waals surface area contributed by atoms with Crippen molar-refractivity contribution in [2.45, 2.75) is 51.0 Å². The van der Waals surface area contributed by atoms with Gasteiger partial charge in [0.15, 0.2) is 0 Å². The molecule has 3 heteroatoms. The molecule has 1 aliphatic rings. The van der Waals surface area contributed by atoms with Crippen LogP contribution in [0.5, 0.6) is 0 Å². The van der Waals surface area contributed by atoms with E-state index in [1.54, 1.807) is 0 Å². The van der Waals surface area contributed by atoms with Crippen LogP contribution in [0.4, 0.5) is 0 Å². The van der Waals surface area contributed by atoms with Gasteiger partial charge in [-0.1, -0.05) is 19.3 Å². The first-order valence-electron chi connectivity index (χ1n) is 6.95. The standard InChI is InChI=1S/C14H25N3/c1-15-14(12-6-4-3-5-7-12)9-8-13-10-11-16-17(13)2/h10-12,14-15H,3-9H2,1-2H3.